The van der Waals surface area contributed by atoms with E-state index < -0.39 is 11.6 Å². The Morgan fingerprint density at radius 2 is 2.00 bits per heavy atom. The van der Waals surface area contributed by atoms with Gasteiger partial charge < -0.3 is 20.3 Å². The highest BCUT2D eigenvalue weighted by molar-refractivity contribution is 5.94. The van der Waals surface area contributed by atoms with E-state index >= 15 is 0 Å². The maximum absolute atomic E-state index is 11.6. The standard InChI is InChI=1S/C16H21NO6/c1-11(18)12-5-3-6-13(9-12)23-8-4-7-14(19)17-10-16(2,22)15(20)21/h3,5-6,9,22H,4,7-8,10H2,1-2H3,(H,17,19)(H,20,21). The van der Waals surface area contributed by atoms with E-state index in [1.165, 1.54) is 6.92 Å². The highest BCUT2D eigenvalue weighted by Crippen LogP contribution is 2.14. The molecule has 1 atom stereocenters. The molecule has 0 saturated carbocycles. The van der Waals surface area contributed by atoms with Crippen molar-refractivity contribution >= 4 is 17.7 Å². The Labute approximate surface area is 134 Å². The minimum Gasteiger partial charge on any atom is -0.494 e. The normalized spacial score (nSPS) is 13.0. The number of amides is 1. The molecule has 1 amide bonds. The monoisotopic (exact) mass is 323 g/mol. The number of hydrogen-bond donors (Lipinski definition) is 3. The van der Waals surface area contributed by atoms with E-state index in [0.29, 0.717) is 17.7 Å². The lowest BCUT2D eigenvalue weighted by molar-refractivity contribution is -0.156. The van der Waals surface area contributed by atoms with Crippen LogP contribution in [0.5, 0.6) is 5.75 Å². The highest BCUT2D eigenvalue weighted by atomic mass is 16.5. The number of carboxylic acids is 1. The van der Waals surface area contributed by atoms with Gasteiger partial charge in [0.1, 0.15) is 5.75 Å². The first-order valence-corrected chi connectivity index (χ1v) is 7.18. The van der Waals surface area contributed by atoms with E-state index in [0.717, 1.165) is 6.92 Å². The molecule has 1 aromatic rings. The smallest absolute Gasteiger partial charge is 0.337 e. The van der Waals surface area contributed by atoms with Gasteiger partial charge in [-0.3, -0.25) is 9.59 Å². The minimum atomic E-state index is -1.99. The number of ether oxygens (including phenoxy) is 1. The molecule has 0 radical (unpaired) electrons. The van der Waals surface area contributed by atoms with Crippen molar-refractivity contribution < 1.29 is 29.3 Å². The molecule has 0 bridgehead atoms. The number of rotatable bonds is 9. The first-order chi connectivity index (χ1) is 10.7. The van der Waals surface area contributed by atoms with Crippen molar-refractivity contribution in [2.75, 3.05) is 13.2 Å². The second-order valence-electron chi connectivity index (χ2n) is 5.39. The molecule has 0 aliphatic rings. The van der Waals surface area contributed by atoms with Crippen LogP contribution in [-0.4, -0.2) is 46.6 Å². The van der Waals surface area contributed by atoms with Crippen LogP contribution in [0.3, 0.4) is 0 Å². The van der Waals surface area contributed by atoms with Crippen molar-refractivity contribution in [3.63, 3.8) is 0 Å². The maximum Gasteiger partial charge on any atom is 0.337 e. The van der Waals surface area contributed by atoms with Crippen molar-refractivity contribution in [1.29, 1.82) is 0 Å². The van der Waals surface area contributed by atoms with Crippen LogP contribution >= 0.6 is 0 Å². The lowest BCUT2D eigenvalue weighted by Gasteiger charge is -2.18. The van der Waals surface area contributed by atoms with Gasteiger partial charge in [0.2, 0.25) is 5.91 Å². The number of carbonyl (C=O) groups is 3. The molecule has 0 aliphatic carbocycles. The zero-order valence-corrected chi connectivity index (χ0v) is 13.2. The topological polar surface area (TPSA) is 113 Å². The van der Waals surface area contributed by atoms with E-state index in [2.05, 4.69) is 5.32 Å². The van der Waals surface area contributed by atoms with Crippen LogP contribution in [0.1, 0.15) is 37.0 Å². The summed E-state index contributed by atoms with van der Waals surface area (Å²) in [5.41, 5.74) is -1.43. The Hall–Kier alpha value is -2.41. The van der Waals surface area contributed by atoms with Crippen molar-refractivity contribution in [3.05, 3.63) is 29.8 Å². The summed E-state index contributed by atoms with van der Waals surface area (Å²) in [5, 5.41) is 20.5. The summed E-state index contributed by atoms with van der Waals surface area (Å²) >= 11 is 0. The molecular weight excluding hydrogens is 302 g/mol. The molecule has 0 aliphatic heterocycles. The summed E-state index contributed by atoms with van der Waals surface area (Å²) in [4.78, 5) is 33.5. The molecule has 0 aromatic heterocycles. The molecule has 7 nitrogen and oxygen atoms in total. The van der Waals surface area contributed by atoms with Crippen LogP contribution in [0.4, 0.5) is 0 Å². The summed E-state index contributed by atoms with van der Waals surface area (Å²) in [6.45, 7) is 2.50. The van der Waals surface area contributed by atoms with Crippen LogP contribution in [0, 0.1) is 0 Å². The zero-order chi connectivity index (χ0) is 17.5. The predicted molar refractivity (Wildman–Crippen MR) is 82.4 cm³/mol. The number of hydrogen-bond acceptors (Lipinski definition) is 5. The second-order valence-corrected chi connectivity index (χ2v) is 5.39. The minimum absolute atomic E-state index is 0.0553. The molecular formula is C16H21NO6. The van der Waals surface area contributed by atoms with E-state index in [1.807, 2.05) is 0 Å². The number of Topliss-reactive ketones (excluding diaryl/α,β-unsaturated/α-hetero) is 1. The zero-order valence-electron chi connectivity index (χ0n) is 13.2. The molecule has 0 saturated heterocycles. The molecule has 3 N–H and O–H groups in total. The Balaban J connectivity index is 2.29. The molecule has 0 spiro atoms. The number of carboxylic acid groups (broad SMARTS) is 1. The highest BCUT2D eigenvalue weighted by Gasteiger charge is 2.30. The number of aliphatic carboxylic acids is 1. The predicted octanol–water partition coefficient (Wildman–Crippen LogP) is 1.000. The summed E-state index contributed by atoms with van der Waals surface area (Å²) in [7, 11) is 0. The van der Waals surface area contributed by atoms with Crippen LogP contribution < -0.4 is 10.1 Å². The Bertz CT molecular complexity index is 582. The van der Waals surface area contributed by atoms with Gasteiger partial charge in [-0.25, -0.2) is 4.79 Å². The van der Waals surface area contributed by atoms with Gasteiger partial charge in [-0.2, -0.15) is 0 Å². The second kappa shape index (κ2) is 8.28. The summed E-state index contributed by atoms with van der Waals surface area (Å²) in [5.74, 6) is -1.27. The molecule has 1 rings (SSSR count). The SMILES string of the molecule is CC(=O)c1cccc(OCCCC(=O)NCC(C)(O)C(=O)O)c1. The number of nitrogens with one attached hydrogen (secondary N) is 1. The van der Waals surface area contributed by atoms with E-state index in [1.54, 1.807) is 24.3 Å². The van der Waals surface area contributed by atoms with Crippen LogP contribution in [-0.2, 0) is 9.59 Å². The molecule has 0 heterocycles. The molecule has 23 heavy (non-hydrogen) atoms. The molecule has 7 heteroatoms. The quantitative estimate of drug-likeness (QED) is 0.461. The fourth-order valence-corrected chi connectivity index (χ4v) is 1.66. The van der Waals surface area contributed by atoms with Gasteiger partial charge in [0, 0.05) is 12.0 Å². The molecule has 0 fully saturated rings. The van der Waals surface area contributed by atoms with Gasteiger partial charge in [-0.15, -0.1) is 0 Å². The maximum atomic E-state index is 11.6. The van der Waals surface area contributed by atoms with Gasteiger partial charge in [0.15, 0.2) is 11.4 Å². The third-order valence-electron chi connectivity index (χ3n) is 3.15. The fourth-order valence-electron chi connectivity index (χ4n) is 1.66. The first-order valence-electron chi connectivity index (χ1n) is 7.18. The number of aliphatic hydroxyl groups is 1. The largest absolute Gasteiger partial charge is 0.494 e. The molecule has 1 unspecified atom stereocenters. The Morgan fingerprint density at radius 3 is 2.61 bits per heavy atom. The Kier molecular flexibility index (Phi) is 6.71. The lowest BCUT2D eigenvalue weighted by Crippen LogP contribution is -2.46. The van der Waals surface area contributed by atoms with E-state index in [9.17, 15) is 19.5 Å². The van der Waals surface area contributed by atoms with Crippen molar-refractivity contribution in [1.82, 2.24) is 5.32 Å². The number of benzene rings is 1. The van der Waals surface area contributed by atoms with Crippen LogP contribution in [0.2, 0.25) is 0 Å². The summed E-state index contributed by atoms with van der Waals surface area (Å²) in [6, 6.07) is 6.76. The first kappa shape index (κ1) is 18.6. The van der Waals surface area contributed by atoms with Crippen molar-refractivity contribution in [2.24, 2.45) is 0 Å². The third-order valence-corrected chi connectivity index (χ3v) is 3.15. The average Bonchev–Trinajstić information content (AvgIpc) is 2.49. The van der Waals surface area contributed by atoms with Crippen molar-refractivity contribution in [3.8, 4) is 5.75 Å². The molecule has 1 aromatic carbocycles. The Morgan fingerprint density at radius 1 is 1.30 bits per heavy atom. The van der Waals surface area contributed by atoms with Gasteiger partial charge in [0.25, 0.3) is 0 Å². The molecule has 126 valence electrons. The third kappa shape index (κ3) is 6.48. The summed E-state index contributed by atoms with van der Waals surface area (Å²) in [6.07, 6.45) is 0.563. The van der Waals surface area contributed by atoms with Crippen LogP contribution in [0.25, 0.3) is 0 Å². The van der Waals surface area contributed by atoms with Gasteiger partial charge >= 0.3 is 5.97 Å². The van der Waals surface area contributed by atoms with E-state index in [-0.39, 0.29) is 31.3 Å². The number of ketones is 1. The van der Waals surface area contributed by atoms with Crippen molar-refractivity contribution in [2.45, 2.75) is 32.3 Å². The van der Waals surface area contributed by atoms with Gasteiger partial charge in [-0.1, -0.05) is 12.1 Å². The average molecular weight is 323 g/mol. The number of carbonyl (C=O) groups excluding carboxylic acids is 2. The van der Waals surface area contributed by atoms with Crippen LogP contribution in [0.15, 0.2) is 24.3 Å². The lowest BCUT2D eigenvalue weighted by atomic mass is 10.1. The summed E-state index contributed by atoms with van der Waals surface area (Å²) < 4.78 is 5.46. The van der Waals surface area contributed by atoms with Gasteiger partial charge in [-0.05, 0) is 32.4 Å². The van der Waals surface area contributed by atoms with Gasteiger partial charge in [0.05, 0.1) is 13.2 Å². The van der Waals surface area contributed by atoms with E-state index in [4.69, 9.17) is 9.84 Å². The fraction of sp³-hybridized carbons (Fsp3) is 0.438.